The molecule has 0 saturated heterocycles. The van der Waals surface area contributed by atoms with Gasteiger partial charge in [-0.3, -0.25) is 4.68 Å². The fourth-order valence-electron chi connectivity index (χ4n) is 2.18. The molecule has 4 heteroatoms. The molecule has 4 nitrogen and oxygen atoms in total. The van der Waals surface area contributed by atoms with E-state index in [1.807, 2.05) is 13.8 Å². The van der Waals surface area contributed by atoms with Crippen LogP contribution in [-0.2, 0) is 13.1 Å². The zero-order chi connectivity index (χ0) is 14.5. The van der Waals surface area contributed by atoms with Crippen LogP contribution in [0.25, 0.3) is 0 Å². The lowest BCUT2D eigenvalue weighted by Gasteiger charge is -2.14. The lowest BCUT2D eigenvalue weighted by molar-refractivity contribution is 0.404. The Morgan fingerprint density at radius 1 is 1.37 bits per heavy atom. The highest BCUT2D eigenvalue weighted by molar-refractivity contribution is 5.24. The van der Waals surface area contributed by atoms with E-state index < -0.39 is 0 Å². The first kappa shape index (κ1) is 15.7. The van der Waals surface area contributed by atoms with Crippen molar-refractivity contribution in [1.82, 2.24) is 15.1 Å². The van der Waals surface area contributed by atoms with Gasteiger partial charge >= 0.3 is 0 Å². The molecular weight excluding hydrogens is 236 g/mol. The Kier molecular flexibility index (Phi) is 5.56. The maximum atomic E-state index is 9.01. The molecule has 106 valence electrons. The van der Waals surface area contributed by atoms with Crippen molar-refractivity contribution in [3.05, 3.63) is 17.0 Å². The van der Waals surface area contributed by atoms with E-state index in [4.69, 9.17) is 5.26 Å². The Morgan fingerprint density at radius 2 is 2.05 bits per heavy atom. The van der Waals surface area contributed by atoms with E-state index in [1.165, 1.54) is 11.3 Å². The van der Waals surface area contributed by atoms with E-state index in [-0.39, 0.29) is 5.41 Å². The normalized spacial score (nSPS) is 11.6. The third-order valence-corrected chi connectivity index (χ3v) is 3.56. The van der Waals surface area contributed by atoms with Gasteiger partial charge in [0.2, 0.25) is 0 Å². The summed E-state index contributed by atoms with van der Waals surface area (Å²) >= 11 is 0. The number of nitriles is 1. The van der Waals surface area contributed by atoms with Crippen LogP contribution in [0.3, 0.4) is 0 Å². The highest BCUT2D eigenvalue weighted by Gasteiger charge is 2.17. The summed E-state index contributed by atoms with van der Waals surface area (Å²) in [4.78, 5) is 0. The molecule has 0 amide bonds. The summed E-state index contributed by atoms with van der Waals surface area (Å²) in [5, 5.41) is 17.0. The molecule has 1 heterocycles. The number of rotatable bonds is 7. The molecule has 0 aromatic carbocycles. The third-order valence-electron chi connectivity index (χ3n) is 3.56. The van der Waals surface area contributed by atoms with E-state index in [0.29, 0.717) is 0 Å². The number of nitrogens with one attached hydrogen (secondary N) is 1. The molecule has 1 N–H and O–H groups in total. The summed E-state index contributed by atoms with van der Waals surface area (Å²) in [6.07, 6.45) is 1.90. The molecule has 0 saturated carbocycles. The molecule has 1 rings (SSSR count). The molecule has 0 aliphatic heterocycles. The minimum atomic E-state index is -0.233. The van der Waals surface area contributed by atoms with Crippen molar-refractivity contribution >= 4 is 0 Å². The van der Waals surface area contributed by atoms with Crippen LogP contribution < -0.4 is 5.32 Å². The van der Waals surface area contributed by atoms with Crippen LogP contribution in [0.15, 0.2) is 0 Å². The monoisotopic (exact) mass is 262 g/mol. The summed E-state index contributed by atoms with van der Waals surface area (Å²) in [7, 11) is 0. The summed E-state index contributed by atoms with van der Waals surface area (Å²) in [5.74, 6) is 0. The average molecular weight is 262 g/mol. The summed E-state index contributed by atoms with van der Waals surface area (Å²) in [6.45, 7) is 13.0. The summed E-state index contributed by atoms with van der Waals surface area (Å²) in [6, 6.07) is 2.35. The molecule has 0 aliphatic carbocycles. The predicted molar refractivity (Wildman–Crippen MR) is 77.7 cm³/mol. The number of nitrogens with zero attached hydrogens (tertiary/aromatic N) is 3. The molecule has 1 aromatic rings. The fourth-order valence-corrected chi connectivity index (χ4v) is 2.18. The molecule has 0 spiro atoms. The summed E-state index contributed by atoms with van der Waals surface area (Å²) in [5.41, 5.74) is 3.43. The molecule has 0 radical (unpaired) electrons. The minimum Gasteiger partial charge on any atom is -0.313 e. The molecule has 0 unspecified atom stereocenters. The Bertz CT molecular complexity index is 451. The van der Waals surface area contributed by atoms with E-state index >= 15 is 0 Å². The van der Waals surface area contributed by atoms with E-state index in [9.17, 15) is 0 Å². The highest BCUT2D eigenvalue weighted by Crippen LogP contribution is 2.21. The van der Waals surface area contributed by atoms with Gasteiger partial charge in [0.1, 0.15) is 0 Å². The largest absolute Gasteiger partial charge is 0.313 e. The minimum absolute atomic E-state index is 0.233. The van der Waals surface area contributed by atoms with Crippen LogP contribution in [0, 0.1) is 30.6 Å². The maximum absolute atomic E-state index is 9.01. The van der Waals surface area contributed by atoms with Crippen molar-refractivity contribution in [1.29, 1.82) is 5.26 Å². The lowest BCUT2D eigenvalue weighted by atomic mass is 9.90. The first-order valence-corrected chi connectivity index (χ1v) is 7.06. The summed E-state index contributed by atoms with van der Waals surface area (Å²) < 4.78 is 2.08. The lowest BCUT2D eigenvalue weighted by Crippen LogP contribution is -2.13. The van der Waals surface area contributed by atoms with E-state index in [1.54, 1.807) is 0 Å². The molecule has 1 aromatic heterocycles. The molecular formula is C15H26N4. The van der Waals surface area contributed by atoms with Crippen LogP contribution in [0.2, 0.25) is 0 Å². The predicted octanol–water partition coefficient (Wildman–Crippen LogP) is 2.94. The molecule has 0 bridgehead atoms. The van der Waals surface area contributed by atoms with Gasteiger partial charge in [-0.2, -0.15) is 10.4 Å². The number of aryl methyl sites for hydroxylation is 2. The fraction of sp³-hybridized carbons (Fsp3) is 0.733. The van der Waals surface area contributed by atoms with Gasteiger partial charge in [-0.15, -0.1) is 0 Å². The second kappa shape index (κ2) is 6.72. The van der Waals surface area contributed by atoms with Gasteiger partial charge in [0.15, 0.2) is 0 Å². The standard InChI is InChI=1S/C15H26N4/c1-6-17-10-14-12(2)18-19(13(14)3)9-7-8-15(4,5)11-16/h17H,6-10H2,1-5H3. The Hall–Kier alpha value is -1.34. The van der Waals surface area contributed by atoms with Gasteiger partial charge in [-0.25, -0.2) is 0 Å². The zero-order valence-electron chi connectivity index (χ0n) is 12.9. The van der Waals surface area contributed by atoms with Gasteiger partial charge in [-0.05, 0) is 47.1 Å². The number of hydrogen-bond acceptors (Lipinski definition) is 3. The highest BCUT2D eigenvalue weighted by atomic mass is 15.3. The van der Waals surface area contributed by atoms with E-state index in [2.05, 4.69) is 41.9 Å². The molecule has 19 heavy (non-hydrogen) atoms. The van der Waals surface area contributed by atoms with Crippen LogP contribution in [0.1, 0.15) is 50.6 Å². The maximum Gasteiger partial charge on any atom is 0.0683 e. The van der Waals surface area contributed by atoms with Crippen LogP contribution in [0.4, 0.5) is 0 Å². The van der Waals surface area contributed by atoms with Crippen molar-refractivity contribution < 1.29 is 0 Å². The van der Waals surface area contributed by atoms with Gasteiger partial charge in [0, 0.05) is 24.3 Å². The van der Waals surface area contributed by atoms with E-state index in [0.717, 1.165) is 38.2 Å². The first-order valence-electron chi connectivity index (χ1n) is 7.06. The van der Waals surface area contributed by atoms with Crippen molar-refractivity contribution in [2.24, 2.45) is 5.41 Å². The Labute approximate surface area is 116 Å². The molecule has 0 aliphatic rings. The van der Waals surface area contributed by atoms with Gasteiger partial charge < -0.3 is 5.32 Å². The topological polar surface area (TPSA) is 53.6 Å². The van der Waals surface area contributed by atoms with Gasteiger partial charge in [-0.1, -0.05) is 6.92 Å². The third kappa shape index (κ3) is 4.36. The van der Waals surface area contributed by atoms with Crippen molar-refractivity contribution in [3.8, 4) is 6.07 Å². The van der Waals surface area contributed by atoms with Crippen molar-refractivity contribution in [2.75, 3.05) is 6.54 Å². The smallest absolute Gasteiger partial charge is 0.0683 e. The quantitative estimate of drug-likeness (QED) is 0.822. The van der Waals surface area contributed by atoms with Crippen molar-refractivity contribution in [3.63, 3.8) is 0 Å². The van der Waals surface area contributed by atoms with Crippen molar-refractivity contribution in [2.45, 2.75) is 60.5 Å². The van der Waals surface area contributed by atoms with Gasteiger partial charge in [0.05, 0.1) is 17.2 Å². The van der Waals surface area contributed by atoms with Crippen LogP contribution in [0.5, 0.6) is 0 Å². The molecule has 0 fully saturated rings. The molecule has 0 atom stereocenters. The first-order chi connectivity index (χ1) is 8.91. The van der Waals surface area contributed by atoms with Gasteiger partial charge in [0.25, 0.3) is 0 Å². The van der Waals surface area contributed by atoms with Crippen LogP contribution in [-0.4, -0.2) is 16.3 Å². The van der Waals surface area contributed by atoms with Crippen LogP contribution >= 0.6 is 0 Å². The average Bonchev–Trinajstić information content (AvgIpc) is 2.62. The number of aromatic nitrogens is 2. The Balaban J connectivity index is 2.63. The number of hydrogen-bond donors (Lipinski definition) is 1. The second-order valence-electron chi connectivity index (χ2n) is 5.75. The Morgan fingerprint density at radius 3 is 2.63 bits per heavy atom. The zero-order valence-corrected chi connectivity index (χ0v) is 12.9. The SMILES string of the molecule is CCNCc1c(C)nn(CCCC(C)(C)C#N)c1C. The second-order valence-corrected chi connectivity index (χ2v) is 5.75.